The van der Waals surface area contributed by atoms with Crippen molar-refractivity contribution in [2.45, 2.75) is 32.7 Å². The fourth-order valence-electron chi connectivity index (χ4n) is 4.11. The summed E-state index contributed by atoms with van der Waals surface area (Å²) >= 11 is 0. The summed E-state index contributed by atoms with van der Waals surface area (Å²) in [6, 6.07) is 11.9. The van der Waals surface area contributed by atoms with Gasteiger partial charge in [-0.3, -0.25) is 14.7 Å². The van der Waals surface area contributed by atoms with Crippen LogP contribution in [0.25, 0.3) is 11.0 Å². The van der Waals surface area contributed by atoms with Gasteiger partial charge in [-0.15, -0.1) is 0 Å². The molecule has 3 aromatic rings. The molecule has 0 atom stereocenters. The van der Waals surface area contributed by atoms with Crippen molar-refractivity contribution in [3.63, 3.8) is 0 Å². The molecule has 0 spiro atoms. The molecule has 4 rings (SSSR count). The lowest BCUT2D eigenvalue weighted by Gasteiger charge is -2.31. The van der Waals surface area contributed by atoms with Crippen molar-refractivity contribution in [3.05, 3.63) is 68.6 Å². The molecule has 0 aliphatic carbocycles. The molecule has 1 N–H and O–H groups in total. The molecule has 9 nitrogen and oxygen atoms in total. The van der Waals surface area contributed by atoms with Gasteiger partial charge in [-0.05, 0) is 49.4 Å². The van der Waals surface area contributed by atoms with Gasteiger partial charge in [0, 0.05) is 25.7 Å². The van der Waals surface area contributed by atoms with Gasteiger partial charge in [-0.2, -0.15) is 0 Å². The number of ether oxygens (including phenoxy) is 1. The van der Waals surface area contributed by atoms with Crippen LogP contribution in [-0.2, 0) is 11.3 Å². The SMILES string of the molecule is CC1CCN(c2ccc(C(=O)OCCCn3c(=O)[nH]c4ccccc43)cc2[N+](=O)[O-])CC1. The number of hydrogen-bond donors (Lipinski definition) is 1. The monoisotopic (exact) mass is 438 g/mol. The molecule has 2 aromatic carbocycles. The topological polar surface area (TPSA) is 110 Å². The van der Waals surface area contributed by atoms with E-state index in [2.05, 4.69) is 11.9 Å². The van der Waals surface area contributed by atoms with Crippen molar-refractivity contribution < 1.29 is 14.5 Å². The third-order valence-corrected chi connectivity index (χ3v) is 5.97. The van der Waals surface area contributed by atoms with E-state index in [1.807, 2.05) is 29.2 Å². The highest BCUT2D eigenvalue weighted by atomic mass is 16.6. The predicted molar refractivity (Wildman–Crippen MR) is 121 cm³/mol. The Hall–Kier alpha value is -3.62. The highest BCUT2D eigenvalue weighted by Gasteiger charge is 2.25. The highest BCUT2D eigenvalue weighted by molar-refractivity contribution is 5.91. The first-order valence-electron chi connectivity index (χ1n) is 10.8. The van der Waals surface area contributed by atoms with Crippen LogP contribution in [0.5, 0.6) is 0 Å². The number of nitrogens with zero attached hydrogens (tertiary/aromatic N) is 3. The Morgan fingerprint density at radius 1 is 1.22 bits per heavy atom. The Kier molecular flexibility index (Phi) is 6.25. The van der Waals surface area contributed by atoms with E-state index in [0.29, 0.717) is 24.6 Å². The van der Waals surface area contributed by atoms with Gasteiger partial charge < -0.3 is 14.6 Å². The number of imidazole rings is 1. The van der Waals surface area contributed by atoms with E-state index in [4.69, 9.17) is 4.74 Å². The fraction of sp³-hybridized carbons (Fsp3) is 0.391. The molecule has 0 radical (unpaired) electrons. The zero-order chi connectivity index (χ0) is 22.7. The van der Waals surface area contributed by atoms with Crippen LogP contribution in [0.3, 0.4) is 0 Å². The lowest BCUT2D eigenvalue weighted by molar-refractivity contribution is -0.384. The molecule has 0 saturated carbocycles. The summed E-state index contributed by atoms with van der Waals surface area (Å²) in [4.78, 5) is 40.5. The van der Waals surface area contributed by atoms with Crippen molar-refractivity contribution in [3.8, 4) is 0 Å². The number of para-hydroxylation sites is 2. The van der Waals surface area contributed by atoms with Gasteiger partial charge in [-0.1, -0.05) is 19.1 Å². The van der Waals surface area contributed by atoms with Gasteiger partial charge in [0.25, 0.3) is 5.69 Å². The van der Waals surface area contributed by atoms with Crippen molar-refractivity contribution in [1.82, 2.24) is 9.55 Å². The Labute approximate surface area is 184 Å². The van der Waals surface area contributed by atoms with Crippen molar-refractivity contribution in [2.75, 3.05) is 24.6 Å². The minimum Gasteiger partial charge on any atom is -0.462 e. The number of fused-ring (bicyclic) bond motifs is 1. The van der Waals surface area contributed by atoms with Crippen molar-refractivity contribution in [1.29, 1.82) is 0 Å². The average molecular weight is 438 g/mol. The molecule has 32 heavy (non-hydrogen) atoms. The second-order valence-electron chi connectivity index (χ2n) is 8.22. The van der Waals surface area contributed by atoms with Crippen LogP contribution in [-0.4, -0.2) is 40.1 Å². The lowest BCUT2D eigenvalue weighted by Crippen LogP contribution is -2.33. The Balaban J connectivity index is 1.38. The minimum absolute atomic E-state index is 0.0839. The maximum atomic E-state index is 12.5. The number of rotatable bonds is 7. The maximum absolute atomic E-state index is 12.5. The van der Waals surface area contributed by atoms with Gasteiger partial charge in [0.1, 0.15) is 5.69 Å². The van der Waals surface area contributed by atoms with E-state index in [9.17, 15) is 19.7 Å². The van der Waals surface area contributed by atoms with Crippen LogP contribution in [0.15, 0.2) is 47.3 Å². The molecule has 1 saturated heterocycles. The summed E-state index contributed by atoms with van der Waals surface area (Å²) in [6.07, 6.45) is 2.42. The number of hydrogen-bond acceptors (Lipinski definition) is 6. The quantitative estimate of drug-likeness (QED) is 0.261. The molecular weight excluding hydrogens is 412 g/mol. The van der Waals surface area contributed by atoms with Crippen LogP contribution in [0.4, 0.5) is 11.4 Å². The smallest absolute Gasteiger partial charge is 0.338 e. The van der Waals surface area contributed by atoms with Crippen LogP contribution in [0.1, 0.15) is 36.5 Å². The number of aromatic nitrogens is 2. The van der Waals surface area contributed by atoms with Crippen LogP contribution in [0.2, 0.25) is 0 Å². The number of aryl methyl sites for hydroxylation is 1. The van der Waals surface area contributed by atoms with E-state index in [1.165, 1.54) is 6.07 Å². The average Bonchev–Trinajstić information content (AvgIpc) is 3.11. The number of anilines is 1. The number of H-pyrrole nitrogens is 1. The number of nitro groups is 1. The molecule has 1 aliphatic heterocycles. The fourth-order valence-corrected chi connectivity index (χ4v) is 4.11. The van der Waals surface area contributed by atoms with Gasteiger partial charge in [0.2, 0.25) is 0 Å². The number of piperidine rings is 1. The zero-order valence-corrected chi connectivity index (χ0v) is 18.0. The second-order valence-corrected chi connectivity index (χ2v) is 8.22. The molecule has 1 fully saturated rings. The van der Waals surface area contributed by atoms with Crippen molar-refractivity contribution in [2.24, 2.45) is 5.92 Å². The number of nitrogens with one attached hydrogen (secondary N) is 1. The second kappa shape index (κ2) is 9.25. The Morgan fingerprint density at radius 3 is 2.72 bits per heavy atom. The molecule has 0 unspecified atom stereocenters. The first-order valence-corrected chi connectivity index (χ1v) is 10.8. The summed E-state index contributed by atoms with van der Waals surface area (Å²) in [5, 5.41) is 11.6. The molecule has 9 heteroatoms. The summed E-state index contributed by atoms with van der Waals surface area (Å²) in [5.41, 5.74) is 1.94. The van der Waals surface area contributed by atoms with Crippen LogP contribution >= 0.6 is 0 Å². The van der Waals surface area contributed by atoms with Gasteiger partial charge in [0.15, 0.2) is 0 Å². The van der Waals surface area contributed by atoms with E-state index in [0.717, 1.165) is 37.0 Å². The third-order valence-electron chi connectivity index (χ3n) is 5.97. The van der Waals surface area contributed by atoms with Crippen LogP contribution < -0.4 is 10.6 Å². The van der Waals surface area contributed by atoms with Gasteiger partial charge in [0.05, 0.1) is 28.1 Å². The number of aromatic amines is 1. The first-order chi connectivity index (χ1) is 15.4. The number of benzene rings is 2. The maximum Gasteiger partial charge on any atom is 0.338 e. The standard InChI is InChI=1S/C23H26N4O5/c1-16-9-12-25(13-10-16)20-8-7-17(15-21(20)27(30)31)22(28)32-14-4-11-26-19-6-3-2-5-18(19)24-23(26)29/h2-3,5-8,15-16H,4,9-14H2,1H3,(H,24,29). The number of carbonyl (C=O) groups is 1. The Bertz CT molecular complexity index is 1190. The van der Waals surface area contributed by atoms with E-state index < -0.39 is 10.9 Å². The molecule has 1 aliphatic rings. The summed E-state index contributed by atoms with van der Waals surface area (Å²) in [7, 11) is 0. The Morgan fingerprint density at radius 2 is 1.97 bits per heavy atom. The summed E-state index contributed by atoms with van der Waals surface area (Å²) in [5.74, 6) is -0.00198. The minimum atomic E-state index is -0.613. The first kappa shape index (κ1) is 21.6. The molecule has 0 bridgehead atoms. The van der Waals surface area contributed by atoms with E-state index in [1.54, 1.807) is 16.7 Å². The molecular formula is C23H26N4O5. The van der Waals surface area contributed by atoms with Crippen molar-refractivity contribution >= 4 is 28.4 Å². The summed E-state index contributed by atoms with van der Waals surface area (Å²) in [6.45, 7) is 4.20. The molecule has 168 valence electrons. The molecule has 1 aromatic heterocycles. The summed E-state index contributed by atoms with van der Waals surface area (Å²) < 4.78 is 6.91. The van der Waals surface area contributed by atoms with Crippen LogP contribution in [0, 0.1) is 16.0 Å². The van der Waals surface area contributed by atoms with E-state index >= 15 is 0 Å². The zero-order valence-electron chi connectivity index (χ0n) is 18.0. The number of nitro benzene ring substituents is 1. The predicted octanol–water partition coefficient (Wildman–Crippen LogP) is 3.72. The lowest BCUT2D eigenvalue weighted by atomic mass is 9.98. The normalized spacial score (nSPS) is 14.6. The van der Waals surface area contributed by atoms with Gasteiger partial charge >= 0.3 is 11.7 Å². The number of carbonyl (C=O) groups excluding carboxylic acids is 1. The largest absolute Gasteiger partial charge is 0.462 e. The highest BCUT2D eigenvalue weighted by Crippen LogP contribution is 2.32. The number of esters is 1. The molecule has 2 heterocycles. The van der Waals surface area contributed by atoms with E-state index in [-0.39, 0.29) is 23.5 Å². The third kappa shape index (κ3) is 4.51. The van der Waals surface area contributed by atoms with Gasteiger partial charge in [-0.25, -0.2) is 9.59 Å². The molecule has 0 amide bonds.